The Bertz CT molecular complexity index is 1440. The highest BCUT2D eigenvalue weighted by molar-refractivity contribution is 5.96. The van der Waals surface area contributed by atoms with Gasteiger partial charge in [0.2, 0.25) is 11.8 Å². The maximum Gasteiger partial charge on any atom is 0.264 e. The van der Waals surface area contributed by atoms with Crippen LogP contribution in [0.4, 0.5) is 11.4 Å². The van der Waals surface area contributed by atoms with E-state index in [0.29, 0.717) is 46.1 Å². The number of aromatic amines is 2. The molecule has 12 nitrogen and oxygen atoms in total. The molecular weight excluding hydrogens is 516 g/mol. The Morgan fingerprint density at radius 3 is 1.48 bits per heavy atom. The van der Waals surface area contributed by atoms with E-state index in [0.717, 1.165) is 25.7 Å². The van der Waals surface area contributed by atoms with Gasteiger partial charge in [-0.2, -0.15) is 0 Å². The van der Waals surface area contributed by atoms with Gasteiger partial charge in [0, 0.05) is 23.6 Å². The first-order valence-corrected chi connectivity index (χ1v) is 13.1. The number of azo groups is 2. The van der Waals surface area contributed by atoms with E-state index in [1.165, 1.54) is 0 Å². The van der Waals surface area contributed by atoms with Crippen LogP contribution in [-0.4, -0.2) is 46.2 Å². The molecule has 4 rings (SSSR count). The van der Waals surface area contributed by atoms with Gasteiger partial charge in [0.15, 0.2) is 11.4 Å². The molecule has 2 heterocycles. The molecule has 0 radical (unpaired) electrons. The summed E-state index contributed by atoms with van der Waals surface area (Å²) in [5.41, 5.74) is 1.74. The van der Waals surface area contributed by atoms with Crippen molar-refractivity contribution < 1.29 is 29.3 Å². The van der Waals surface area contributed by atoms with Crippen molar-refractivity contribution in [3.63, 3.8) is 0 Å². The van der Waals surface area contributed by atoms with E-state index in [4.69, 9.17) is 9.47 Å². The van der Waals surface area contributed by atoms with E-state index in [-0.39, 0.29) is 47.8 Å². The zero-order valence-corrected chi connectivity index (χ0v) is 22.4. The molecule has 0 bridgehead atoms. The molecule has 0 saturated carbocycles. The van der Waals surface area contributed by atoms with Gasteiger partial charge in [0.25, 0.3) is 11.8 Å². The van der Waals surface area contributed by atoms with E-state index >= 15 is 0 Å². The van der Waals surface area contributed by atoms with Gasteiger partial charge in [-0.1, -0.05) is 25.7 Å². The van der Waals surface area contributed by atoms with Gasteiger partial charge >= 0.3 is 0 Å². The fraction of sp³-hybridized carbons (Fsp3) is 0.357. The molecule has 2 aromatic carbocycles. The van der Waals surface area contributed by atoms with Crippen molar-refractivity contribution in [2.24, 2.45) is 20.5 Å². The number of amides is 2. The number of aromatic nitrogens is 2. The van der Waals surface area contributed by atoms with Crippen molar-refractivity contribution >= 4 is 45.0 Å². The molecule has 0 aliphatic heterocycles. The van der Waals surface area contributed by atoms with Gasteiger partial charge in [-0.25, -0.2) is 0 Å². The molecule has 0 aliphatic carbocycles. The number of carbonyl (C=O) groups is 2. The number of nitrogens with one attached hydrogen (secondary N) is 2. The van der Waals surface area contributed by atoms with Crippen LogP contribution in [0.5, 0.6) is 23.3 Å². The van der Waals surface area contributed by atoms with Crippen LogP contribution >= 0.6 is 0 Å². The summed E-state index contributed by atoms with van der Waals surface area (Å²) in [6.45, 7) is 0. The zero-order chi connectivity index (χ0) is 28.5. The van der Waals surface area contributed by atoms with Crippen molar-refractivity contribution in [1.82, 2.24) is 9.97 Å². The Morgan fingerprint density at radius 1 is 0.675 bits per heavy atom. The average Bonchev–Trinajstić information content (AvgIpc) is 3.45. The Kier molecular flexibility index (Phi) is 9.44. The molecule has 2 amide bonds. The van der Waals surface area contributed by atoms with Crippen LogP contribution in [0.1, 0.15) is 51.4 Å². The van der Waals surface area contributed by atoms with Crippen molar-refractivity contribution in [2.45, 2.75) is 51.4 Å². The normalized spacial score (nSPS) is 11.8. The second kappa shape index (κ2) is 13.4. The van der Waals surface area contributed by atoms with Gasteiger partial charge in [-0.3, -0.25) is 9.59 Å². The predicted molar refractivity (Wildman–Crippen MR) is 149 cm³/mol. The van der Waals surface area contributed by atoms with Gasteiger partial charge < -0.3 is 29.7 Å². The van der Waals surface area contributed by atoms with Crippen molar-refractivity contribution in [3.05, 3.63) is 36.4 Å². The second-order valence-electron chi connectivity index (χ2n) is 9.28. The number of aromatic hydroxyl groups is 2. The van der Waals surface area contributed by atoms with Crippen LogP contribution in [0.3, 0.4) is 0 Å². The first kappa shape index (κ1) is 28.3. The summed E-state index contributed by atoms with van der Waals surface area (Å²) in [5, 5.41) is 36.8. The minimum atomic E-state index is -0.354. The fourth-order valence-corrected chi connectivity index (χ4v) is 4.31. The third-order valence-electron chi connectivity index (χ3n) is 6.47. The standard InChI is InChI=1S/C28H32N6O6/c1-39-17-11-13-21-19(15-17)25(27(37)29-21)33-31-23(35)9-7-5-3-4-6-8-10-24(36)32-34-26-20-16-18(40-2)12-14-22(20)30-28(26)38/h11-16,29-30,37-38H,3-10H2,1-2H3. The maximum absolute atomic E-state index is 12.1. The Balaban J connectivity index is 1.12. The third-order valence-corrected chi connectivity index (χ3v) is 6.47. The Morgan fingerprint density at radius 2 is 1.07 bits per heavy atom. The number of carbonyl (C=O) groups excluding carboxylic acids is 2. The number of ether oxygens (including phenoxy) is 2. The van der Waals surface area contributed by atoms with Crippen LogP contribution in [0.25, 0.3) is 21.8 Å². The molecule has 0 unspecified atom stereocenters. The highest BCUT2D eigenvalue weighted by Gasteiger charge is 2.13. The van der Waals surface area contributed by atoms with Gasteiger partial charge in [0.1, 0.15) is 11.5 Å². The van der Waals surface area contributed by atoms with Crippen LogP contribution in [0.2, 0.25) is 0 Å². The third kappa shape index (κ3) is 7.01. The maximum atomic E-state index is 12.1. The number of hydrogen-bond acceptors (Lipinski definition) is 8. The summed E-state index contributed by atoms with van der Waals surface area (Å²) < 4.78 is 10.4. The summed E-state index contributed by atoms with van der Waals surface area (Å²) in [6.07, 6.45) is 5.45. The number of unbranched alkanes of at least 4 members (excludes halogenated alkanes) is 5. The monoisotopic (exact) mass is 548 g/mol. The second-order valence-corrected chi connectivity index (χ2v) is 9.28. The minimum absolute atomic E-state index is 0.156. The fourth-order valence-electron chi connectivity index (χ4n) is 4.31. The SMILES string of the molecule is COc1ccc2[nH]c(O)c(N=NC(=O)CCCCCCCCC(=O)N=Nc3c(O)[nH]c4ccc(OC)cc34)c2c1. The molecular formula is C28H32N6O6. The Hall–Kier alpha value is -4.74. The lowest BCUT2D eigenvalue weighted by Gasteiger charge is -2.00. The number of methoxy groups -OCH3 is 2. The number of benzene rings is 2. The van der Waals surface area contributed by atoms with E-state index in [2.05, 4.69) is 30.4 Å². The van der Waals surface area contributed by atoms with Gasteiger partial charge in [0.05, 0.1) is 25.3 Å². The molecule has 4 aromatic rings. The first-order valence-electron chi connectivity index (χ1n) is 13.1. The molecule has 0 spiro atoms. The van der Waals surface area contributed by atoms with Gasteiger partial charge in [-0.05, 0) is 49.2 Å². The lowest BCUT2D eigenvalue weighted by molar-refractivity contribution is -0.119. The molecule has 0 atom stereocenters. The lowest BCUT2D eigenvalue weighted by Crippen LogP contribution is -1.93. The summed E-state index contributed by atoms with van der Waals surface area (Å²) in [5.74, 6) is 0.193. The molecule has 2 aromatic heterocycles. The van der Waals surface area contributed by atoms with E-state index in [9.17, 15) is 19.8 Å². The summed E-state index contributed by atoms with van der Waals surface area (Å²) in [4.78, 5) is 29.9. The van der Waals surface area contributed by atoms with Crippen LogP contribution < -0.4 is 9.47 Å². The molecule has 12 heteroatoms. The molecule has 0 saturated heterocycles. The Labute approximate surface area is 230 Å². The molecule has 210 valence electrons. The van der Waals surface area contributed by atoms with E-state index in [1.54, 1.807) is 50.6 Å². The molecule has 4 N–H and O–H groups in total. The number of rotatable bonds is 13. The van der Waals surface area contributed by atoms with Crippen LogP contribution in [0, 0.1) is 0 Å². The van der Waals surface area contributed by atoms with Crippen LogP contribution in [-0.2, 0) is 9.59 Å². The predicted octanol–water partition coefficient (Wildman–Crippen LogP) is 7.12. The van der Waals surface area contributed by atoms with Crippen molar-refractivity contribution in [1.29, 1.82) is 0 Å². The summed E-state index contributed by atoms with van der Waals surface area (Å²) in [7, 11) is 3.09. The van der Waals surface area contributed by atoms with Crippen molar-refractivity contribution in [2.75, 3.05) is 14.2 Å². The largest absolute Gasteiger partial charge is 0.497 e. The van der Waals surface area contributed by atoms with E-state index < -0.39 is 0 Å². The molecule has 0 aliphatic rings. The number of H-pyrrole nitrogens is 2. The number of hydrogen-bond donors (Lipinski definition) is 4. The lowest BCUT2D eigenvalue weighted by atomic mass is 10.1. The highest BCUT2D eigenvalue weighted by atomic mass is 16.5. The first-order chi connectivity index (χ1) is 19.4. The topological polar surface area (TPSA) is 174 Å². The summed E-state index contributed by atoms with van der Waals surface area (Å²) >= 11 is 0. The molecule has 0 fully saturated rings. The smallest absolute Gasteiger partial charge is 0.264 e. The number of fused-ring (bicyclic) bond motifs is 2. The quantitative estimate of drug-likeness (QED) is 0.102. The van der Waals surface area contributed by atoms with E-state index in [1.807, 2.05) is 0 Å². The molecule has 40 heavy (non-hydrogen) atoms. The summed E-state index contributed by atoms with van der Waals surface area (Å²) in [6, 6.07) is 10.4. The van der Waals surface area contributed by atoms with Crippen molar-refractivity contribution in [3.8, 4) is 23.3 Å². The highest BCUT2D eigenvalue weighted by Crippen LogP contribution is 2.38. The average molecular weight is 549 g/mol. The number of nitrogens with zero attached hydrogens (tertiary/aromatic N) is 4. The van der Waals surface area contributed by atoms with Crippen LogP contribution in [0.15, 0.2) is 56.9 Å². The van der Waals surface area contributed by atoms with Gasteiger partial charge in [-0.15, -0.1) is 20.5 Å². The zero-order valence-electron chi connectivity index (χ0n) is 22.4. The minimum Gasteiger partial charge on any atom is -0.497 e.